The van der Waals surface area contributed by atoms with Crippen LogP contribution in [-0.4, -0.2) is 35.4 Å². The molecule has 1 amide bonds. The third kappa shape index (κ3) is 5.29. The maximum absolute atomic E-state index is 13.3. The van der Waals surface area contributed by atoms with Gasteiger partial charge in [0.1, 0.15) is 11.6 Å². The van der Waals surface area contributed by atoms with Crippen LogP contribution in [0.15, 0.2) is 53.5 Å². The van der Waals surface area contributed by atoms with Crippen molar-refractivity contribution in [2.24, 2.45) is 11.8 Å². The van der Waals surface area contributed by atoms with Crippen molar-refractivity contribution in [3.8, 4) is 11.5 Å². The van der Waals surface area contributed by atoms with Gasteiger partial charge in [-0.05, 0) is 80.7 Å². The predicted octanol–water partition coefficient (Wildman–Crippen LogP) is 6.20. The van der Waals surface area contributed by atoms with Gasteiger partial charge in [0, 0.05) is 29.7 Å². The largest absolute Gasteiger partial charge is 0.436 e. The van der Waals surface area contributed by atoms with E-state index in [2.05, 4.69) is 16.9 Å². The lowest BCUT2D eigenvalue weighted by Crippen LogP contribution is -2.40. The van der Waals surface area contributed by atoms with Crippen molar-refractivity contribution in [1.82, 2.24) is 10.3 Å². The van der Waals surface area contributed by atoms with Crippen molar-refractivity contribution < 1.29 is 18.7 Å². The lowest BCUT2D eigenvalue weighted by molar-refractivity contribution is -0.130. The van der Waals surface area contributed by atoms with E-state index in [9.17, 15) is 9.59 Å². The SMILES string of the molecule is C=Cc1cc(-c2nc3ccccc3o2)ccc1C(=O)C(C)CCC1CCC(NC(=O)C2CCCO2)C1. The van der Waals surface area contributed by atoms with E-state index in [1.165, 1.54) is 0 Å². The molecular weight excluding hydrogens is 452 g/mol. The van der Waals surface area contributed by atoms with Gasteiger partial charge in [-0.2, -0.15) is 0 Å². The molecule has 4 unspecified atom stereocenters. The maximum atomic E-state index is 13.3. The lowest BCUT2D eigenvalue weighted by Gasteiger charge is -2.17. The lowest BCUT2D eigenvalue weighted by atomic mass is 9.88. The molecule has 4 atom stereocenters. The molecule has 2 heterocycles. The number of oxazole rings is 1. The van der Waals surface area contributed by atoms with Crippen molar-refractivity contribution in [3.05, 3.63) is 60.2 Å². The summed E-state index contributed by atoms with van der Waals surface area (Å²) in [5, 5.41) is 3.17. The fraction of sp³-hybridized carbons (Fsp3) is 0.433. The fourth-order valence-corrected chi connectivity index (χ4v) is 5.51. The van der Waals surface area contributed by atoms with Crippen LogP contribution in [0.2, 0.25) is 0 Å². The first-order valence-corrected chi connectivity index (χ1v) is 13.1. The zero-order valence-electron chi connectivity index (χ0n) is 20.9. The van der Waals surface area contributed by atoms with Gasteiger partial charge in [0.25, 0.3) is 0 Å². The topological polar surface area (TPSA) is 81.4 Å². The molecule has 1 N–H and O–H groups in total. The van der Waals surface area contributed by atoms with E-state index in [1.807, 2.05) is 49.4 Å². The summed E-state index contributed by atoms with van der Waals surface area (Å²) in [7, 11) is 0. The first-order chi connectivity index (χ1) is 17.5. The summed E-state index contributed by atoms with van der Waals surface area (Å²) < 4.78 is 11.4. The van der Waals surface area contributed by atoms with Crippen molar-refractivity contribution in [1.29, 1.82) is 0 Å². The summed E-state index contributed by atoms with van der Waals surface area (Å²) in [6, 6.07) is 13.6. The molecule has 6 heteroatoms. The van der Waals surface area contributed by atoms with Gasteiger partial charge in [0.05, 0.1) is 0 Å². The average Bonchev–Trinajstić information content (AvgIpc) is 3.67. The number of rotatable bonds is 9. The quantitative estimate of drug-likeness (QED) is 0.364. The van der Waals surface area contributed by atoms with E-state index < -0.39 is 0 Å². The second-order valence-corrected chi connectivity index (χ2v) is 10.2. The Bertz CT molecular complexity index is 1220. The monoisotopic (exact) mass is 486 g/mol. The van der Waals surface area contributed by atoms with Crippen molar-refractivity contribution in [3.63, 3.8) is 0 Å². The first kappa shape index (κ1) is 24.4. The summed E-state index contributed by atoms with van der Waals surface area (Å²) in [5.41, 5.74) is 3.85. The number of hydrogen-bond donors (Lipinski definition) is 1. The normalized spacial score (nSPS) is 22.5. The molecule has 6 nitrogen and oxygen atoms in total. The van der Waals surface area contributed by atoms with E-state index in [4.69, 9.17) is 9.15 Å². The molecule has 3 aromatic rings. The maximum Gasteiger partial charge on any atom is 0.249 e. The van der Waals surface area contributed by atoms with Crippen molar-refractivity contribution in [2.45, 2.75) is 64.0 Å². The Morgan fingerprint density at radius 1 is 1.19 bits per heavy atom. The summed E-state index contributed by atoms with van der Waals surface area (Å²) >= 11 is 0. The molecule has 0 bridgehead atoms. The van der Waals surface area contributed by atoms with Crippen LogP contribution in [0.1, 0.15) is 67.8 Å². The van der Waals surface area contributed by atoms with Gasteiger partial charge in [-0.1, -0.05) is 37.8 Å². The molecule has 2 aromatic carbocycles. The number of carbonyl (C=O) groups is 2. The zero-order valence-corrected chi connectivity index (χ0v) is 20.9. The summed E-state index contributed by atoms with van der Waals surface area (Å²) in [6.07, 6.45) is 8.14. The van der Waals surface area contributed by atoms with E-state index in [-0.39, 0.29) is 29.8 Å². The second kappa shape index (κ2) is 10.8. The van der Waals surface area contributed by atoms with Crippen molar-refractivity contribution >= 4 is 28.9 Å². The molecule has 2 aliphatic rings. The van der Waals surface area contributed by atoms with Gasteiger partial charge in [0.15, 0.2) is 11.4 Å². The Morgan fingerprint density at radius 3 is 2.83 bits per heavy atom. The van der Waals surface area contributed by atoms with Crippen LogP contribution in [0, 0.1) is 11.8 Å². The Kier molecular flexibility index (Phi) is 7.33. The molecular formula is C30H34N2O4. The molecule has 1 saturated carbocycles. The minimum Gasteiger partial charge on any atom is -0.436 e. The summed E-state index contributed by atoms with van der Waals surface area (Å²) in [5.74, 6) is 1.17. The third-order valence-electron chi connectivity index (χ3n) is 7.64. The molecule has 1 saturated heterocycles. The highest BCUT2D eigenvalue weighted by Crippen LogP contribution is 2.32. The van der Waals surface area contributed by atoms with Gasteiger partial charge in [-0.25, -0.2) is 4.98 Å². The predicted molar refractivity (Wildman–Crippen MR) is 141 cm³/mol. The number of ketones is 1. The number of nitrogens with one attached hydrogen (secondary N) is 1. The van der Waals surface area contributed by atoms with Crippen LogP contribution in [0.25, 0.3) is 28.6 Å². The van der Waals surface area contributed by atoms with E-state index in [0.29, 0.717) is 24.0 Å². The highest BCUT2D eigenvalue weighted by atomic mass is 16.5. The fourth-order valence-electron chi connectivity index (χ4n) is 5.51. The molecule has 2 fully saturated rings. The number of nitrogens with zero attached hydrogens (tertiary/aromatic N) is 1. The number of Topliss-reactive ketones (excluding diaryl/α,β-unsaturated/α-hetero) is 1. The van der Waals surface area contributed by atoms with Gasteiger partial charge in [-0.15, -0.1) is 0 Å². The third-order valence-corrected chi connectivity index (χ3v) is 7.64. The van der Waals surface area contributed by atoms with Gasteiger partial charge in [0.2, 0.25) is 11.8 Å². The minimum absolute atomic E-state index is 0.0416. The van der Waals surface area contributed by atoms with E-state index in [0.717, 1.165) is 67.2 Å². The second-order valence-electron chi connectivity index (χ2n) is 10.2. The number of hydrogen-bond acceptors (Lipinski definition) is 5. The van der Waals surface area contributed by atoms with Crippen LogP contribution < -0.4 is 5.32 Å². The van der Waals surface area contributed by atoms with Gasteiger partial charge >= 0.3 is 0 Å². The summed E-state index contributed by atoms with van der Waals surface area (Å²) in [4.78, 5) is 30.2. The molecule has 1 aliphatic carbocycles. The molecule has 5 rings (SSSR count). The average molecular weight is 487 g/mol. The Balaban J connectivity index is 1.17. The molecule has 1 aliphatic heterocycles. The van der Waals surface area contributed by atoms with Gasteiger partial charge < -0.3 is 14.5 Å². The molecule has 0 radical (unpaired) electrons. The molecule has 188 valence electrons. The number of para-hydroxylation sites is 2. The van der Waals surface area contributed by atoms with E-state index >= 15 is 0 Å². The zero-order chi connectivity index (χ0) is 25.1. The molecule has 0 spiro atoms. The highest BCUT2D eigenvalue weighted by molar-refractivity contribution is 6.01. The molecule has 36 heavy (non-hydrogen) atoms. The Hall–Kier alpha value is -3.25. The highest BCUT2D eigenvalue weighted by Gasteiger charge is 2.30. The van der Waals surface area contributed by atoms with Crippen LogP contribution in [0.4, 0.5) is 0 Å². The number of fused-ring (bicyclic) bond motifs is 1. The van der Waals surface area contributed by atoms with Gasteiger partial charge in [-0.3, -0.25) is 9.59 Å². The Labute approximate surface area is 212 Å². The minimum atomic E-state index is -0.269. The Morgan fingerprint density at radius 2 is 2.06 bits per heavy atom. The van der Waals surface area contributed by atoms with Crippen LogP contribution in [0.5, 0.6) is 0 Å². The van der Waals surface area contributed by atoms with E-state index in [1.54, 1.807) is 6.08 Å². The number of benzene rings is 2. The standard InChI is InChI=1S/C30H34N2O4/c1-3-21-18-22(30-32-25-7-4-5-8-26(25)36-30)13-15-24(21)28(33)19(2)10-11-20-12-14-23(17-20)31-29(34)27-9-6-16-35-27/h3-5,7-8,13,15,18-20,23,27H,1,6,9-12,14,16-17H2,2H3,(H,31,34). The van der Waals surface area contributed by atoms with Crippen molar-refractivity contribution in [2.75, 3.05) is 6.61 Å². The number of carbonyl (C=O) groups excluding carboxylic acids is 2. The van der Waals surface area contributed by atoms with Crippen LogP contribution >= 0.6 is 0 Å². The summed E-state index contributed by atoms with van der Waals surface area (Å²) in [6.45, 7) is 6.63. The number of amides is 1. The molecule has 1 aromatic heterocycles. The van der Waals surface area contributed by atoms with Crippen LogP contribution in [-0.2, 0) is 9.53 Å². The first-order valence-electron chi connectivity index (χ1n) is 13.1. The van der Waals surface area contributed by atoms with Crippen LogP contribution in [0.3, 0.4) is 0 Å². The number of ether oxygens (including phenoxy) is 1. The number of aromatic nitrogens is 1. The smallest absolute Gasteiger partial charge is 0.249 e.